The lowest BCUT2D eigenvalue weighted by Crippen LogP contribution is -2.63. The molecule has 1 aromatic rings. The summed E-state index contributed by atoms with van der Waals surface area (Å²) < 4.78 is 29.2. The zero-order valence-electron chi connectivity index (χ0n) is 35.5. The molecular weight excluding hydrogens is 818 g/mol. The zero-order chi connectivity index (χ0) is 45.0. The summed E-state index contributed by atoms with van der Waals surface area (Å²) in [7, 11) is 5.80. The second kappa shape index (κ2) is 19.2. The molecule has 4 bridgehead atoms. The molecule has 3 N–H and O–H groups in total. The van der Waals surface area contributed by atoms with Crippen LogP contribution in [0.2, 0.25) is 5.02 Å². The number of methoxy groups -OCH3 is 2. The van der Waals surface area contributed by atoms with E-state index in [4.69, 9.17) is 35.3 Å². The van der Waals surface area contributed by atoms with E-state index in [1.165, 1.54) is 40.1 Å². The lowest BCUT2D eigenvalue weighted by Gasteiger charge is -2.42. The van der Waals surface area contributed by atoms with Crippen molar-refractivity contribution in [2.45, 2.75) is 102 Å². The monoisotopic (exact) mass is 871 g/mol. The number of hydrogen-bond donors (Lipinski definition) is 3. The molecule has 0 aliphatic carbocycles. The minimum absolute atomic E-state index is 0.0823. The summed E-state index contributed by atoms with van der Waals surface area (Å²) in [6, 6.07) is 2.36. The number of alkyl carbamates (subject to hydrolysis) is 1. The smallest absolute Gasteiger partial charge is 0.409 e. The summed E-state index contributed by atoms with van der Waals surface area (Å²) in [4.78, 5) is 93.5. The lowest BCUT2D eigenvalue weighted by atomic mass is 9.83. The Bertz CT molecular complexity index is 2010. The molecule has 19 heteroatoms. The van der Waals surface area contributed by atoms with Crippen LogP contribution < -0.4 is 20.3 Å². The first-order valence-electron chi connectivity index (χ1n) is 19.9. The number of carbonyl (C=O) groups excluding carboxylic acids is 7. The van der Waals surface area contributed by atoms with E-state index in [1.54, 1.807) is 38.1 Å². The van der Waals surface area contributed by atoms with Gasteiger partial charge in [0.1, 0.15) is 40.7 Å². The molecule has 2 fully saturated rings. The maximum atomic E-state index is 14.2. The molecule has 332 valence electrons. The summed E-state index contributed by atoms with van der Waals surface area (Å²) in [6.07, 6.45) is 2.27. The summed E-state index contributed by atoms with van der Waals surface area (Å²) >= 11 is 6.76. The molecule has 2 saturated heterocycles. The van der Waals surface area contributed by atoms with Gasteiger partial charge in [0.2, 0.25) is 17.7 Å². The predicted octanol–water partition coefficient (Wildman–Crippen LogP) is 2.34. The van der Waals surface area contributed by atoms with Crippen LogP contribution in [0.25, 0.3) is 0 Å². The minimum atomic E-state index is -1.87. The van der Waals surface area contributed by atoms with Crippen molar-refractivity contribution in [3.05, 3.63) is 58.7 Å². The molecule has 6 amide bonds. The molecule has 0 saturated carbocycles. The second-order valence-corrected chi connectivity index (χ2v) is 16.3. The quantitative estimate of drug-likeness (QED) is 0.165. The number of halogens is 1. The van der Waals surface area contributed by atoms with E-state index in [0.29, 0.717) is 17.9 Å². The number of hydrogen-bond acceptors (Lipinski definition) is 13. The van der Waals surface area contributed by atoms with Crippen molar-refractivity contribution in [3.63, 3.8) is 0 Å². The van der Waals surface area contributed by atoms with Crippen molar-refractivity contribution in [2.24, 2.45) is 5.92 Å². The van der Waals surface area contributed by atoms with E-state index in [2.05, 4.69) is 10.6 Å². The molecule has 5 rings (SSSR count). The maximum Gasteiger partial charge on any atom is 0.409 e. The van der Waals surface area contributed by atoms with Gasteiger partial charge in [0, 0.05) is 71.6 Å². The van der Waals surface area contributed by atoms with Gasteiger partial charge in [0.15, 0.2) is 5.72 Å². The number of ether oxygens (including phenoxy) is 5. The van der Waals surface area contributed by atoms with Crippen molar-refractivity contribution in [1.29, 1.82) is 0 Å². The second-order valence-electron chi connectivity index (χ2n) is 15.9. The van der Waals surface area contributed by atoms with Gasteiger partial charge in [-0.2, -0.15) is 0 Å². The van der Waals surface area contributed by atoms with Crippen LogP contribution in [0.3, 0.4) is 0 Å². The number of likely N-dealkylation sites (N-methyl/N-ethyl adjacent to an activating group) is 1. The molecule has 1 aromatic carbocycles. The number of aliphatic hydroxyl groups is 1. The van der Waals surface area contributed by atoms with Crippen LogP contribution in [0.4, 0.5) is 10.5 Å². The molecular formula is C42H54ClN5O13. The first-order valence-corrected chi connectivity index (χ1v) is 20.3. The Balaban J connectivity index is 1.37. The van der Waals surface area contributed by atoms with E-state index < -0.39 is 95.7 Å². The molecule has 0 radical (unpaired) electrons. The summed E-state index contributed by atoms with van der Waals surface area (Å²) in [5.74, 6) is -3.62. The number of carbonyl (C=O) groups is 7. The fourth-order valence-electron chi connectivity index (χ4n) is 7.66. The van der Waals surface area contributed by atoms with E-state index in [-0.39, 0.29) is 37.4 Å². The van der Waals surface area contributed by atoms with Gasteiger partial charge in [0.05, 0.1) is 25.3 Å². The fourth-order valence-corrected chi connectivity index (χ4v) is 7.97. The number of nitrogens with one attached hydrogen (secondary N) is 2. The van der Waals surface area contributed by atoms with Gasteiger partial charge < -0.3 is 43.9 Å². The van der Waals surface area contributed by atoms with E-state index in [0.717, 1.165) is 33.1 Å². The Hall–Kier alpha value is -5.30. The van der Waals surface area contributed by atoms with Crippen molar-refractivity contribution >= 4 is 58.9 Å². The van der Waals surface area contributed by atoms with Crippen LogP contribution in [0.5, 0.6) is 5.75 Å². The van der Waals surface area contributed by atoms with E-state index >= 15 is 0 Å². The van der Waals surface area contributed by atoms with Gasteiger partial charge in [-0.05, 0) is 44.9 Å². The topological polar surface area (TPSA) is 223 Å². The van der Waals surface area contributed by atoms with Crippen molar-refractivity contribution in [1.82, 2.24) is 20.4 Å². The van der Waals surface area contributed by atoms with Crippen LogP contribution in [0.1, 0.15) is 58.9 Å². The zero-order valence-corrected chi connectivity index (χ0v) is 36.3. The SMILES string of the molecule is COc1cc2cc(c1Cl)N(C)C(=O)C[C@H](OC(=O)[C@H](C)N(C)C(=O)CCNC(=O)CCN1C(=O)C=CC1=O)[C@]1(C)O[C@@H]1[C@H](C)C1C[C@@](O)(NC(=O)O1)[C@H](OC)/C=C/C=C(\C)C2. The highest BCUT2D eigenvalue weighted by atomic mass is 35.5. The predicted molar refractivity (Wildman–Crippen MR) is 219 cm³/mol. The maximum absolute atomic E-state index is 14.2. The van der Waals surface area contributed by atoms with E-state index in [1.807, 2.05) is 13.0 Å². The van der Waals surface area contributed by atoms with Gasteiger partial charge in [0.25, 0.3) is 11.8 Å². The Morgan fingerprint density at radius 3 is 2.48 bits per heavy atom. The number of esters is 1. The van der Waals surface area contributed by atoms with Gasteiger partial charge >= 0.3 is 12.1 Å². The van der Waals surface area contributed by atoms with Crippen LogP contribution in [0.15, 0.2) is 48.1 Å². The Kier molecular flexibility index (Phi) is 14.7. The minimum Gasteiger partial charge on any atom is -0.495 e. The van der Waals surface area contributed by atoms with Gasteiger partial charge in [-0.25, -0.2) is 9.59 Å². The number of amides is 6. The average Bonchev–Trinajstić information content (AvgIpc) is 3.81. The normalized spacial score (nSPS) is 29.7. The first kappa shape index (κ1) is 46.8. The van der Waals surface area contributed by atoms with Crippen molar-refractivity contribution < 1.29 is 62.4 Å². The Morgan fingerprint density at radius 2 is 1.82 bits per heavy atom. The van der Waals surface area contributed by atoms with Crippen molar-refractivity contribution in [2.75, 3.05) is 46.3 Å². The third kappa shape index (κ3) is 10.6. The average molecular weight is 872 g/mol. The van der Waals surface area contributed by atoms with Gasteiger partial charge in [-0.1, -0.05) is 42.3 Å². The number of benzene rings is 1. The van der Waals surface area contributed by atoms with Crippen LogP contribution in [0, 0.1) is 5.92 Å². The molecule has 0 aromatic heterocycles. The highest BCUT2D eigenvalue weighted by Gasteiger charge is 2.64. The molecule has 4 heterocycles. The van der Waals surface area contributed by atoms with Crippen LogP contribution >= 0.6 is 11.6 Å². The first-order chi connectivity index (χ1) is 28.7. The number of fused-ring (bicyclic) bond motifs is 5. The Labute approximate surface area is 359 Å². The molecule has 4 aliphatic heterocycles. The molecule has 61 heavy (non-hydrogen) atoms. The standard InChI is InChI=1S/C42H54ClN5O13/c1-23-10-9-11-30(58-8)42(56)22-29(59-40(55)45-42)24(2)38-41(4,61-38)31(21-36(53)47(6)27-19-26(18-23)20-28(57-7)37(27)43)60-39(54)25(3)46(5)33(50)14-16-44-32(49)15-17-48-34(51)12-13-35(48)52/h9-13,19-20,24-25,29-31,38,56H,14-18,21-22H2,1-8H3,(H,44,49)(H,45,55)/b11-9+,23-10+/t24-,25+,29?,30-,31+,38-,41+,42+/m1/s1. The molecule has 8 atom stereocenters. The summed E-state index contributed by atoms with van der Waals surface area (Å²) in [5, 5.41) is 17.0. The fraction of sp³-hybridized carbons (Fsp3) is 0.548. The molecule has 18 nitrogen and oxygen atoms in total. The van der Waals surface area contributed by atoms with Crippen molar-refractivity contribution in [3.8, 4) is 5.75 Å². The highest BCUT2D eigenvalue weighted by Crippen LogP contribution is 2.49. The number of rotatable bonds is 11. The Morgan fingerprint density at radius 1 is 1.13 bits per heavy atom. The lowest BCUT2D eigenvalue weighted by molar-refractivity contribution is -0.162. The molecule has 1 unspecified atom stereocenters. The van der Waals surface area contributed by atoms with Gasteiger partial charge in [-0.3, -0.25) is 34.2 Å². The van der Waals surface area contributed by atoms with Crippen LogP contribution in [-0.2, 0) is 54.1 Å². The summed E-state index contributed by atoms with van der Waals surface area (Å²) in [5.41, 5.74) is -1.18. The van der Waals surface area contributed by atoms with Gasteiger partial charge in [-0.15, -0.1) is 0 Å². The number of imide groups is 1. The third-order valence-electron chi connectivity index (χ3n) is 11.6. The summed E-state index contributed by atoms with van der Waals surface area (Å²) in [6.45, 7) is 6.57. The number of epoxide rings is 1. The highest BCUT2D eigenvalue weighted by molar-refractivity contribution is 6.35. The third-order valence-corrected chi connectivity index (χ3v) is 12.0. The van der Waals surface area contributed by atoms with E-state index in [9.17, 15) is 38.7 Å². The number of nitrogens with zero attached hydrogens (tertiary/aromatic N) is 3. The largest absolute Gasteiger partial charge is 0.495 e. The number of allylic oxidation sites excluding steroid dienone is 3. The van der Waals surface area contributed by atoms with Crippen LogP contribution in [-0.4, -0.2) is 140 Å². The molecule has 4 aliphatic rings. The molecule has 0 spiro atoms. The number of anilines is 1.